The third-order valence-corrected chi connectivity index (χ3v) is 12.7. The van der Waals surface area contributed by atoms with Gasteiger partial charge in [-0.05, 0) is 79.4 Å². The lowest BCUT2D eigenvalue weighted by Crippen LogP contribution is -2.64. The number of unbranched alkanes of at least 4 members (excludes halogenated alkanes) is 5. The van der Waals surface area contributed by atoms with E-state index in [1.807, 2.05) is 116 Å². The van der Waals surface area contributed by atoms with Gasteiger partial charge in [0, 0.05) is 73.5 Å². The molecule has 4 aliphatic heterocycles. The highest BCUT2D eigenvalue weighted by molar-refractivity contribution is 6.05. The van der Waals surface area contributed by atoms with Crippen molar-refractivity contribution in [3.05, 3.63) is 71.8 Å². The van der Waals surface area contributed by atoms with E-state index >= 15 is 0 Å². The summed E-state index contributed by atoms with van der Waals surface area (Å²) in [6, 6.07) is 18.5. The molecular formula is C48H66N4O10. The van der Waals surface area contributed by atoms with Crippen LogP contribution >= 0.6 is 0 Å². The molecule has 0 aliphatic carbocycles. The molecule has 2 aromatic rings. The summed E-state index contributed by atoms with van der Waals surface area (Å²) in [6.07, 6.45) is 7.00. The highest BCUT2D eigenvalue weighted by atomic mass is 16.9. The average molecular weight is 859 g/mol. The summed E-state index contributed by atoms with van der Waals surface area (Å²) in [5.41, 5.74) is -1.01. The van der Waals surface area contributed by atoms with Crippen molar-refractivity contribution in [1.29, 1.82) is 0 Å². The number of benzene rings is 2. The summed E-state index contributed by atoms with van der Waals surface area (Å²) in [6.45, 7) is 15.7. The van der Waals surface area contributed by atoms with Gasteiger partial charge in [-0.3, -0.25) is 28.8 Å². The first kappa shape index (κ1) is 47.0. The van der Waals surface area contributed by atoms with Gasteiger partial charge < -0.3 is 9.47 Å². The molecule has 338 valence electrons. The van der Waals surface area contributed by atoms with Gasteiger partial charge in [-0.25, -0.2) is 0 Å². The first-order chi connectivity index (χ1) is 29.2. The van der Waals surface area contributed by atoms with Crippen molar-refractivity contribution in [3.8, 4) is 0 Å². The molecule has 6 rings (SSSR count). The second-order valence-electron chi connectivity index (χ2n) is 20.1. The molecule has 0 radical (unpaired) electrons. The number of rotatable bonds is 17. The molecule has 4 aliphatic rings. The van der Waals surface area contributed by atoms with Crippen LogP contribution in [0.15, 0.2) is 60.7 Å². The normalized spacial score (nSPS) is 24.2. The third-order valence-electron chi connectivity index (χ3n) is 12.7. The predicted octanol–water partition coefficient (Wildman–Crippen LogP) is 8.02. The second-order valence-corrected chi connectivity index (χ2v) is 20.1. The van der Waals surface area contributed by atoms with Gasteiger partial charge in [-0.1, -0.05) is 86.3 Å². The fraction of sp³-hybridized carbons (Fsp3) is 0.625. The first-order valence-electron chi connectivity index (χ1n) is 22.4. The van der Waals surface area contributed by atoms with Crippen LogP contribution in [0.2, 0.25) is 0 Å². The van der Waals surface area contributed by atoms with Gasteiger partial charge in [0.2, 0.25) is 0 Å². The van der Waals surface area contributed by atoms with Crippen molar-refractivity contribution in [2.45, 2.75) is 191 Å². The number of hydroxylamine groups is 8. The second kappa shape index (κ2) is 19.1. The van der Waals surface area contributed by atoms with E-state index in [0.29, 0.717) is 51.4 Å². The molecule has 4 saturated heterocycles. The highest BCUT2D eigenvalue weighted by Gasteiger charge is 2.53. The van der Waals surface area contributed by atoms with E-state index in [4.69, 9.17) is 19.4 Å². The molecule has 0 spiro atoms. The van der Waals surface area contributed by atoms with Gasteiger partial charge >= 0.3 is 11.9 Å². The summed E-state index contributed by atoms with van der Waals surface area (Å²) in [5, 5.41) is 5.22. The van der Waals surface area contributed by atoms with Crippen LogP contribution in [0.3, 0.4) is 0 Å². The smallest absolute Gasteiger partial charge is 0.306 e. The highest BCUT2D eigenvalue weighted by Crippen LogP contribution is 2.43. The van der Waals surface area contributed by atoms with E-state index in [2.05, 4.69) is 0 Å². The summed E-state index contributed by atoms with van der Waals surface area (Å²) in [5.74, 6) is -3.18. The quantitative estimate of drug-likeness (QED) is 0.0861. The molecule has 0 aromatic heterocycles. The number of hydrogen-bond donors (Lipinski definition) is 0. The van der Waals surface area contributed by atoms with Crippen LogP contribution in [-0.2, 0) is 48.1 Å². The Hall–Kier alpha value is -4.50. The molecule has 62 heavy (non-hydrogen) atoms. The SMILES string of the molecule is CC1(C)CC(OC(=O)CCCCCCCCC(=O)OC2CC(C)(C)N(ON3C(=O)CC(c4ccccc4)C3=O)C(C)(C)C2)CC(C)(C)N1ON1C(=O)CC(c2ccccc2)C1=O. The van der Waals surface area contributed by atoms with Gasteiger partial charge in [0.05, 0.1) is 11.8 Å². The van der Waals surface area contributed by atoms with Gasteiger partial charge in [0.1, 0.15) is 12.2 Å². The fourth-order valence-electron chi connectivity index (χ4n) is 10.1. The Morgan fingerprint density at radius 1 is 0.500 bits per heavy atom. The van der Waals surface area contributed by atoms with E-state index < -0.39 is 34.0 Å². The van der Waals surface area contributed by atoms with Crippen molar-refractivity contribution < 1.29 is 48.1 Å². The minimum absolute atomic E-state index is 0.0517. The lowest BCUT2D eigenvalue weighted by atomic mass is 9.80. The summed E-state index contributed by atoms with van der Waals surface area (Å²) < 4.78 is 11.9. The standard InChI is InChI=1S/C48H66N4O10/c1-45(2)29-35(30-46(3,4)51(45)61-49-39(53)27-37(43(49)57)33-21-15-13-16-22-33)59-41(55)25-19-11-9-10-12-20-26-42(56)60-36-31-47(5,6)52(48(7,8)32-36)62-50-40(54)28-38(44(50)58)34-23-17-14-18-24-34/h13-18,21-24,35-38H,9-12,19-20,25-32H2,1-8H3. The molecule has 2 unspecified atom stereocenters. The lowest BCUT2D eigenvalue weighted by Gasteiger charge is -2.53. The number of carbonyl (C=O) groups excluding carboxylic acids is 6. The number of hydrogen-bond acceptors (Lipinski definition) is 12. The van der Waals surface area contributed by atoms with E-state index in [1.165, 1.54) is 0 Å². The zero-order valence-corrected chi connectivity index (χ0v) is 37.9. The molecular weight excluding hydrogens is 793 g/mol. The molecule has 4 fully saturated rings. The van der Waals surface area contributed by atoms with Crippen LogP contribution in [-0.4, -0.2) is 90.2 Å². The zero-order chi connectivity index (χ0) is 45.0. The molecule has 0 saturated carbocycles. The molecule has 4 amide bonds. The fourth-order valence-corrected chi connectivity index (χ4v) is 10.1. The predicted molar refractivity (Wildman–Crippen MR) is 229 cm³/mol. The van der Waals surface area contributed by atoms with Crippen LogP contribution in [0.25, 0.3) is 0 Å². The summed E-state index contributed by atoms with van der Waals surface area (Å²) in [7, 11) is 0. The molecule has 14 nitrogen and oxygen atoms in total. The number of imide groups is 2. The minimum Gasteiger partial charge on any atom is -0.462 e. The van der Waals surface area contributed by atoms with Crippen molar-refractivity contribution >= 4 is 35.6 Å². The van der Waals surface area contributed by atoms with E-state index in [1.54, 1.807) is 10.1 Å². The topological polar surface area (TPSA) is 152 Å². The number of amides is 4. The Morgan fingerprint density at radius 2 is 0.806 bits per heavy atom. The lowest BCUT2D eigenvalue weighted by molar-refractivity contribution is -0.371. The monoisotopic (exact) mass is 858 g/mol. The first-order valence-corrected chi connectivity index (χ1v) is 22.4. The maximum absolute atomic E-state index is 13.3. The van der Waals surface area contributed by atoms with Crippen molar-refractivity contribution in [2.75, 3.05) is 0 Å². The number of carbonyl (C=O) groups is 6. The Kier molecular flexibility index (Phi) is 14.5. The van der Waals surface area contributed by atoms with Crippen molar-refractivity contribution in [1.82, 2.24) is 20.3 Å². The number of nitrogens with zero attached hydrogens (tertiary/aromatic N) is 4. The Morgan fingerprint density at radius 3 is 1.13 bits per heavy atom. The van der Waals surface area contributed by atoms with Crippen LogP contribution < -0.4 is 0 Å². The number of ether oxygens (including phenoxy) is 2. The van der Waals surface area contributed by atoms with Crippen LogP contribution in [0.5, 0.6) is 0 Å². The van der Waals surface area contributed by atoms with Crippen LogP contribution in [0.1, 0.15) is 168 Å². The minimum atomic E-state index is -0.642. The van der Waals surface area contributed by atoms with Gasteiger partial charge in [0.25, 0.3) is 23.6 Å². The van der Waals surface area contributed by atoms with Crippen LogP contribution in [0.4, 0.5) is 0 Å². The maximum Gasteiger partial charge on any atom is 0.306 e. The Bertz CT molecular complexity index is 1770. The average Bonchev–Trinajstić information content (AvgIpc) is 3.63. The van der Waals surface area contributed by atoms with E-state index in [-0.39, 0.29) is 60.6 Å². The Balaban J connectivity index is 0.853. The van der Waals surface area contributed by atoms with Gasteiger partial charge in [-0.15, -0.1) is 10.1 Å². The molecule has 4 heterocycles. The maximum atomic E-state index is 13.3. The molecule has 2 aromatic carbocycles. The van der Waals surface area contributed by atoms with Crippen molar-refractivity contribution in [2.24, 2.45) is 0 Å². The van der Waals surface area contributed by atoms with Crippen LogP contribution in [0, 0.1) is 0 Å². The largest absolute Gasteiger partial charge is 0.462 e. The summed E-state index contributed by atoms with van der Waals surface area (Å²) in [4.78, 5) is 90.5. The number of piperidine rings is 2. The molecule has 0 N–H and O–H groups in total. The third kappa shape index (κ3) is 11.0. The molecule has 2 atom stereocenters. The summed E-state index contributed by atoms with van der Waals surface area (Å²) >= 11 is 0. The molecule has 14 heteroatoms. The van der Waals surface area contributed by atoms with E-state index in [9.17, 15) is 28.8 Å². The van der Waals surface area contributed by atoms with Gasteiger partial charge in [0.15, 0.2) is 0 Å². The van der Waals surface area contributed by atoms with Crippen molar-refractivity contribution in [3.63, 3.8) is 0 Å². The van der Waals surface area contributed by atoms with E-state index in [0.717, 1.165) is 46.9 Å². The number of esters is 2. The zero-order valence-electron chi connectivity index (χ0n) is 37.9. The van der Waals surface area contributed by atoms with Gasteiger partial charge in [-0.2, -0.15) is 20.0 Å². The molecule has 0 bridgehead atoms. The Labute approximate surface area is 366 Å².